The van der Waals surface area contributed by atoms with E-state index in [-0.39, 0.29) is 17.2 Å². The monoisotopic (exact) mass is 483 g/mol. The SMILES string of the molecule is COCCCOc1cc2c(cc1OC)-c1cc(=O)c(C(=O)O)cn1C1(C2)CC(OC2CCCC2)C1. The molecule has 2 heterocycles. The molecule has 0 atom stereocenters. The van der Waals surface area contributed by atoms with Gasteiger partial charge in [-0.15, -0.1) is 0 Å². The minimum atomic E-state index is -1.21. The van der Waals surface area contributed by atoms with Crippen LogP contribution in [-0.4, -0.2) is 55.3 Å². The van der Waals surface area contributed by atoms with Gasteiger partial charge in [-0.25, -0.2) is 4.79 Å². The molecule has 1 aromatic carbocycles. The number of hydrogen-bond acceptors (Lipinski definition) is 6. The Balaban J connectivity index is 1.51. The van der Waals surface area contributed by atoms with Gasteiger partial charge in [-0.1, -0.05) is 12.8 Å². The molecule has 1 aliphatic heterocycles. The summed E-state index contributed by atoms with van der Waals surface area (Å²) in [6.45, 7) is 1.12. The molecule has 0 saturated heterocycles. The second-order valence-corrected chi connectivity index (χ2v) is 9.94. The summed E-state index contributed by atoms with van der Waals surface area (Å²) in [5.41, 5.74) is 1.61. The molecule has 1 spiro atoms. The average molecular weight is 484 g/mol. The fraction of sp³-hybridized carbons (Fsp3) is 0.556. The van der Waals surface area contributed by atoms with Gasteiger partial charge in [0.2, 0.25) is 0 Å². The molecule has 0 amide bonds. The first-order valence-corrected chi connectivity index (χ1v) is 12.4. The first kappa shape index (κ1) is 23.9. The Hall–Kier alpha value is -2.84. The van der Waals surface area contributed by atoms with E-state index in [1.165, 1.54) is 25.1 Å². The number of carboxylic acids is 1. The molecule has 3 aliphatic rings. The van der Waals surface area contributed by atoms with E-state index in [2.05, 4.69) is 0 Å². The van der Waals surface area contributed by atoms with Crippen LogP contribution in [0, 0.1) is 0 Å². The van der Waals surface area contributed by atoms with Crippen molar-refractivity contribution in [1.29, 1.82) is 0 Å². The number of carboxylic acid groups (broad SMARTS) is 1. The molecule has 2 aromatic rings. The molecule has 2 aliphatic carbocycles. The summed E-state index contributed by atoms with van der Waals surface area (Å²) >= 11 is 0. The number of carbonyl (C=O) groups is 1. The first-order chi connectivity index (χ1) is 16.9. The topological polar surface area (TPSA) is 96.2 Å². The third-order valence-corrected chi connectivity index (χ3v) is 7.63. The van der Waals surface area contributed by atoms with Gasteiger partial charge in [0.25, 0.3) is 0 Å². The Morgan fingerprint density at radius 3 is 2.54 bits per heavy atom. The van der Waals surface area contributed by atoms with E-state index < -0.39 is 11.4 Å². The number of rotatable bonds is 9. The number of methoxy groups -OCH3 is 2. The Morgan fingerprint density at radius 1 is 1.09 bits per heavy atom. The van der Waals surface area contributed by atoms with Gasteiger partial charge >= 0.3 is 5.97 Å². The highest BCUT2D eigenvalue weighted by molar-refractivity contribution is 5.88. The molecule has 5 rings (SSSR count). The van der Waals surface area contributed by atoms with Gasteiger partial charge in [-0.2, -0.15) is 0 Å². The van der Waals surface area contributed by atoms with Crippen LogP contribution in [0.4, 0.5) is 0 Å². The number of ether oxygens (including phenoxy) is 4. The molecule has 1 aromatic heterocycles. The van der Waals surface area contributed by atoms with E-state index in [4.69, 9.17) is 18.9 Å². The standard InChI is InChI=1S/C27H33NO7/c1-32-8-5-9-34-25-10-17-13-27(14-19(15-27)35-18-6-3-4-7-18)28-16-21(26(30)31)23(29)12-22(28)20(17)11-24(25)33-2/h10-12,16,18-19H,3-9,13-15H2,1-2H3,(H,30,31). The molecule has 0 bridgehead atoms. The smallest absolute Gasteiger partial charge is 0.341 e. The van der Waals surface area contributed by atoms with E-state index in [1.807, 2.05) is 16.7 Å². The zero-order chi connectivity index (χ0) is 24.6. The summed E-state index contributed by atoms with van der Waals surface area (Å²) in [6, 6.07) is 5.35. The molecular formula is C27H33NO7. The summed E-state index contributed by atoms with van der Waals surface area (Å²) in [7, 11) is 3.25. The van der Waals surface area contributed by atoms with Crippen LogP contribution in [0.5, 0.6) is 11.5 Å². The maximum Gasteiger partial charge on any atom is 0.341 e. The predicted octanol–water partition coefficient (Wildman–Crippen LogP) is 4.01. The van der Waals surface area contributed by atoms with Gasteiger partial charge in [0.1, 0.15) is 5.56 Å². The van der Waals surface area contributed by atoms with Crippen molar-refractivity contribution in [2.24, 2.45) is 0 Å². The van der Waals surface area contributed by atoms with Crippen LogP contribution < -0.4 is 14.9 Å². The lowest BCUT2D eigenvalue weighted by atomic mass is 9.67. The van der Waals surface area contributed by atoms with Crippen molar-refractivity contribution in [1.82, 2.24) is 4.57 Å². The summed E-state index contributed by atoms with van der Waals surface area (Å²) in [5, 5.41) is 9.62. The molecule has 1 N–H and O–H groups in total. The maximum absolute atomic E-state index is 12.7. The first-order valence-electron chi connectivity index (χ1n) is 12.4. The van der Waals surface area contributed by atoms with Gasteiger partial charge in [0.15, 0.2) is 16.9 Å². The largest absolute Gasteiger partial charge is 0.493 e. The van der Waals surface area contributed by atoms with Crippen LogP contribution >= 0.6 is 0 Å². The molecule has 188 valence electrons. The lowest BCUT2D eigenvalue weighted by Gasteiger charge is -2.53. The van der Waals surface area contributed by atoms with Gasteiger partial charge in [-0.05, 0) is 49.8 Å². The second kappa shape index (κ2) is 9.66. The number of aromatic carboxylic acids is 1. The zero-order valence-electron chi connectivity index (χ0n) is 20.4. The minimum Gasteiger partial charge on any atom is -0.493 e. The molecule has 8 nitrogen and oxygen atoms in total. The molecule has 0 unspecified atom stereocenters. The van der Waals surface area contributed by atoms with E-state index in [1.54, 1.807) is 14.2 Å². The molecule has 8 heteroatoms. The van der Waals surface area contributed by atoms with E-state index >= 15 is 0 Å². The third kappa shape index (κ3) is 4.45. The van der Waals surface area contributed by atoms with Gasteiger partial charge in [0, 0.05) is 38.0 Å². The minimum absolute atomic E-state index is 0.142. The molecule has 35 heavy (non-hydrogen) atoms. The van der Waals surface area contributed by atoms with Crippen molar-refractivity contribution < 1.29 is 28.8 Å². The lowest BCUT2D eigenvalue weighted by Crippen LogP contribution is -2.54. The summed E-state index contributed by atoms with van der Waals surface area (Å²) in [6.07, 6.45) is 9.70. The Bertz CT molecular complexity index is 1160. The Labute approximate surface area is 204 Å². The summed E-state index contributed by atoms with van der Waals surface area (Å²) in [5.74, 6) is 0.0322. The highest BCUT2D eigenvalue weighted by atomic mass is 16.5. The quantitative estimate of drug-likeness (QED) is 0.539. The van der Waals surface area contributed by atoms with Crippen molar-refractivity contribution in [3.8, 4) is 22.8 Å². The average Bonchev–Trinajstić information content (AvgIpc) is 3.33. The van der Waals surface area contributed by atoms with Crippen LogP contribution in [0.15, 0.2) is 29.2 Å². The van der Waals surface area contributed by atoms with Crippen molar-refractivity contribution in [3.63, 3.8) is 0 Å². The van der Waals surface area contributed by atoms with Gasteiger partial charge < -0.3 is 28.6 Å². The maximum atomic E-state index is 12.7. The van der Waals surface area contributed by atoms with E-state index in [0.29, 0.717) is 42.9 Å². The number of hydrogen-bond donors (Lipinski definition) is 1. The number of fused-ring (bicyclic) bond motifs is 4. The van der Waals surface area contributed by atoms with E-state index in [9.17, 15) is 14.7 Å². The van der Waals surface area contributed by atoms with Gasteiger partial charge in [0.05, 0.1) is 37.2 Å². The molecule has 2 fully saturated rings. The Kier molecular flexibility index (Phi) is 6.59. The van der Waals surface area contributed by atoms with Crippen molar-refractivity contribution >= 4 is 5.97 Å². The highest BCUT2D eigenvalue weighted by Gasteiger charge is 2.50. The molecular weight excluding hydrogens is 450 g/mol. The second-order valence-electron chi connectivity index (χ2n) is 9.94. The van der Waals surface area contributed by atoms with Crippen LogP contribution in [-0.2, 0) is 21.4 Å². The Morgan fingerprint density at radius 2 is 1.86 bits per heavy atom. The lowest BCUT2D eigenvalue weighted by molar-refractivity contribution is -0.106. The summed E-state index contributed by atoms with van der Waals surface area (Å²) < 4.78 is 25.1. The van der Waals surface area contributed by atoms with Gasteiger partial charge in [-0.3, -0.25) is 4.79 Å². The zero-order valence-corrected chi connectivity index (χ0v) is 20.4. The number of aromatic nitrogens is 1. The van der Waals surface area contributed by atoms with Crippen LogP contribution in [0.3, 0.4) is 0 Å². The van der Waals surface area contributed by atoms with Crippen LogP contribution in [0.1, 0.15) is 60.9 Å². The fourth-order valence-corrected chi connectivity index (χ4v) is 5.90. The third-order valence-electron chi connectivity index (χ3n) is 7.63. The van der Waals surface area contributed by atoms with Crippen molar-refractivity contribution in [3.05, 3.63) is 45.7 Å². The van der Waals surface area contributed by atoms with E-state index in [0.717, 1.165) is 43.2 Å². The fourth-order valence-electron chi connectivity index (χ4n) is 5.90. The molecule has 0 radical (unpaired) electrons. The number of benzene rings is 1. The number of nitrogens with zero attached hydrogens (tertiary/aromatic N) is 1. The highest BCUT2D eigenvalue weighted by Crippen LogP contribution is 2.52. The van der Waals surface area contributed by atoms with Crippen LogP contribution in [0.2, 0.25) is 0 Å². The predicted molar refractivity (Wildman–Crippen MR) is 130 cm³/mol. The summed E-state index contributed by atoms with van der Waals surface area (Å²) in [4.78, 5) is 24.5. The van der Waals surface area contributed by atoms with Crippen molar-refractivity contribution in [2.75, 3.05) is 27.4 Å². The van der Waals surface area contributed by atoms with Crippen LogP contribution in [0.25, 0.3) is 11.3 Å². The van der Waals surface area contributed by atoms with Crippen molar-refractivity contribution in [2.45, 2.75) is 69.1 Å². The number of pyridine rings is 1. The normalized spacial score (nSPS) is 23.0. The molecule has 2 saturated carbocycles.